The number of nitrogens with zero attached hydrogens (tertiary/aromatic N) is 2. The number of carboxylic acids is 1. The number of carbonyl (C=O) groups is 1. The van der Waals surface area contributed by atoms with Crippen LogP contribution in [0.15, 0.2) is 6.07 Å². The van der Waals surface area contributed by atoms with Gasteiger partial charge in [-0.3, -0.25) is 4.79 Å². The van der Waals surface area contributed by atoms with Gasteiger partial charge in [-0.25, -0.2) is 9.97 Å². The summed E-state index contributed by atoms with van der Waals surface area (Å²) in [5, 5.41) is 12.3. The quantitative estimate of drug-likeness (QED) is 0.856. The van der Waals surface area contributed by atoms with Crippen LogP contribution >= 0.6 is 0 Å². The fraction of sp³-hybridized carbons (Fsp3) is 0.643. The second kappa shape index (κ2) is 5.99. The highest BCUT2D eigenvalue weighted by atomic mass is 16.4. The van der Waals surface area contributed by atoms with Crippen molar-refractivity contribution in [3.8, 4) is 0 Å². The Kier molecular flexibility index (Phi) is 4.86. The third-order valence-corrected chi connectivity index (χ3v) is 2.70. The van der Waals surface area contributed by atoms with Gasteiger partial charge in [-0.1, -0.05) is 20.8 Å². The first-order valence-corrected chi connectivity index (χ1v) is 6.46. The van der Waals surface area contributed by atoms with Crippen LogP contribution in [0, 0.1) is 25.2 Å². The molecule has 0 aliphatic heterocycles. The van der Waals surface area contributed by atoms with E-state index >= 15 is 0 Å². The Bertz CT molecular complexity index is 432. The zero-order chi connectivity index (χ0) is 14.6. The van der Waals surface area contributed by atoms with Crippen molar-refractivity contribution < 1.29 is 9.90 Å². The van der Waals surface area contributed by atoms with Crippen LogP contribution in [-0.4, -0.2) is 27.6 Å². The van der Waals surface area contributed by atoms with Crippen LogP contribution in [0.3, 0.4) is 0 Å². The molecular weight excluding hydrogens is 242 g/mol. The van der Waals surface area contributed by atoms with Crippen molar-refractivity contribution in [1.29, 1.82) is 0 Å². The molecule has 0 amide bonds. The van der Waals surface area contributed by atoms with Gasteiger partial charge in [0.2, 0.25) is 5.95 Å². The summed E-state index contributed by atoms with van der Waals surface area (Å²) in [6.07, 6.45) is 0.611. The average molecular weight is 265 g/mol. The van der Waals surface area contributed by atoms with Crippen molar-refractivity contribution in [3.05, 3.63) is 17.5 Å². The largest absolute Gasteiger partial charge is 0.481 e. The molecule has 5 heteroatoms. The Balaban J connectivity index is 2.68. The molecule has 106 valence electrons. The van der Waals surface area contributed by atoms with Gasteiger partial charge in [-0.2, -0.15) is 0 Å². The van der Waals surface area contributed by atoms with Crippen molar-refractivity contribution in [3.63, 3.8) is 0 Å². The van der Waals surface area contributed by atoms with Crippen molar-refractivity contribution in [1.82, 2.24) is 9.97 Å². The normalized spacial score (nSPS) is 13.1. The van der Waals surface area contributed by atoms with Crippen molar-refractivity contribution in [2.75, 3.05) is 11.9 Å². The molecule has 0 aromatic carbocycles. The highest BCUT2D eigenvalue weighted by Crippen LogP contribution is 2.24. The fourth-order valence-corrected chi connectivity index (χ4v) is 2.01. The first-order chi connectivity index (χ1) is 8.67. The summed E-state index contributed by atoms with van der Waals surface area (Å²) < 4.78 is 0. The van der Waals surface area contributed by atoms with Gasteiger partial charge in [0.25, 0.3) is 0 Å². The third kappa shape index (κ3) is 5.68. The summed E-state index contributed by atoms with van der Waals surface area (Å²) in [5.74, 6) is -0.728. The van der Waals surface area contributed by atoms with Crippen molar-refractivity contribution in [2.45, 2.75) is 41.0 Å². The molecule has 1 aromatic rings. The zero-order valence-electron chi connectivity index (χ0n) is 12.3. The smallest absolute Gasteiger partial charge is 0.308 e. The van der Waals surface area contributed by atoms with E-state index in [1.54, 1.807) is 0 Å². The number of anilines is 1. The summed E-state index contributed by atoms with van der Waals surface area (Å²) in [5.41, 5.74) is 1.73. The number of aryl methyl sites for hydroxylation is 2. The summed E-state index contributed by atoms with van der Waals surface area (Å²) >= 11 is 0. The number of hydrogen-bond donors (Lipinski definition) is 2. The Morgan fingerprint density at radius 2 is 1.84 bits per heavy atom. The Morgan fingerprint density at radius 3 is 2.26 bits per heavy atom. The van der Waals surface area contributed by atoms with Gasteiger partial charge in [0.15, 0.2) is 0 Å². The van der Waals surface area contributed by atoms with Crippen molar-refractivity contribution in [2.24, 2.45) is 11.3 Å². The molecule has 0 bridgehead atoms. The van der Waals surface area contributed by atoms with E-state index in [1.165, 1.54) is 0 Å². The summed E-state index contributed by atoms with van der Waals surface area (Å²) in [6, 6.07) is 1.88. The van der Waals surface area contributed by atoms with Crippen LogP contribution in [-0.2, 0) is 4.79 Å². The summed E-state index contributed by atoms with van der Waals surface area (Å²) in [6.45, 7) is 10.2. The van der Waals surface area contributed by atoms with Crippen LogP contribution in [0.4, 0.5) is 5.95 Å². The number of carboxylic acid groups (broad SMARTS) is 1. The number of rotatable bonds is 5. The summed E-state index contributed by atoms with van der Waals surface area (Å²) in [4.78, 5) is 19.7. The van der Waals surface area contributed by atoms with E-state index in [-0.39, 0.29) is 5.41 Å². The second-order valence-electron chi connectivity index (χ2n) is 6.16. The van der Waals surface area contributed by atoms with E-state index in [1.807, 2.05) is 40.7 Å². The van der Waals surface area contributed by atoms with Gasteiger partial charge in [-0.05, 0) is 31.7 Å². The fourth-order valence-electron chi connectivity index (χ4n) is 2.01. The van der Waals surface area contributed by atoms with Gasteiger partial charge in [0.1, 0.15) is 0 Å². The minimum atomic E-state index is -0.785. The van der Waals surface area contributed by atoms with E-state index in [0.29, 0.717) is 18.9 Å². The van der Waals surface area contributed by atoms with Crippen LogP contribution < -0.4 is 5.32 Å². The maximum Gasteiger partial charge on any atom is 0.308 e. The molecule has 0 spiro atoms. The van der Waals surface area contributed by atoms with Crippen LogP contribution in [0.5, 0.6) is 0 Å². The van der Waals surface area contributed by atoms with Gasteiger partial charge < -0.3 is 10.4 Å². The maximum atomic E-state index is 11.3. The van der Waals surface area contributed by atoms with Crippen LogP contribution in [0.1, 0.15) is 38.6 Å². The average Bonchev–Trinajstić information content (AvgIpc) is 2.20. The van der Waals surface area contributed by atoms with E-state index < -0.39 is 11.9 Å². The Morgan fingerprint density at radius 1 is 1.32 bits per heavy atom. The predicted molar refractivity (Wildman–Crippen MR) is 75.2 cm³/mol. The molecule has 1 rings (SSSR count). The predicted octanol–water partition coefficient (Wildman–Crippen LogP) is 2.64. The lowest BCUT2D eigenvalue weighted by atomic mass is 9.84. The number of nitrogens with one attached hydrogen (secondary N) is 1. The molecule has 1 atom stereocenters. The minimum absolute atomic E-state index is 0.0197. The second-order valence-corrected chi connectivity index (χ2v) is 6.16. The first kappa shape index (κ1) is 15.4. The maximum absolute atomic E-state index is 11.3. The lowest BCUT2D eigenvalue weighted by Gasteiger charge is -2.23. The lowest BCUT2D eigenvalue weighted by Crippen LogP contribution is -2.28. The third-order valence-electron chi connectivity index (χ3n) is 2.70. The molecule has 0 aliphatic carbocycles. The number of hydrogen-bond acceptors (Lipinski definition) is 4. The van der Waals surface area contributed by atoms with Gasteiger partial charge >= 0.3 is 5.97 Å². The van der Waals surface area contributed by atoms with Gasteiger partial charge in [-0.15, -0.1) is 0 Å². The molecule has 2 N–H and O–H groups in total. The first-order valence-electron chi connectivity index (χ1n) is 6.46. The lowest BCUT2D eigenvalue weighted by molar-refractivity contribution is -0.142. The van der Waals surface area contributed by atoms with Gasteiger partial charge in [0.05, 0.1) is 5.92 Å². The van der Waals surface area contributed by atoms with E-state index in [4.69, 9.17) is 0 Å². The molecule has 19 heavy (non-hydrogen) atoms. The summed E-state index contributed by atoms with van der Waals surface area (Å²) in [7, 11) is 0. The SMILES string of the molecule is Cc1cc(C)nc(NCC(CC(C)(C)C)C(=O)O)n1. The monoisotopic (exact) mass is 265 g/mol. The van der Waals surface area contributed by atoms with E-state index in [9.17, 15) is 9.90 Å². The topological polar surface area (TPSA) is 75.1 Å². The zero-order valence-corrected chi connectivity index (χ0v) is 12.3. The molecule has 0 fully saturated rings. The van der Waals surface area contributed by atoms with E-state index in [2.05, 4.69) is 15.3 Å². The molecule has 0 saturated carbocycles. The Labute approximate surface area is 114 Å². The molecule has 1 heterocycles. The highest BCUT2D eigenvalue weighted by Gasteiger charge is 2.24. The highest BCUT2D eigenvalue weighted by molar-refractivity contribution is 5.70. The van der Waals surface area contributed by atoms with Crippen LogP contribution in [0.2, 0.25) is 0 Å². The molecule has 1 aromatic heterocycles. The van der Waals surface area contributed by atoms with Crippen LogP contribution in [0.25, 0.3) is 0 Å². The molecule has 0 aliphatic rings. The molecule has 5 nitrogen and oxygen atoms in total. The Hall–Kier alpha value is -1.65. The molecule has 0 saturated heterocycles. The van der Waals surface area contributed by atoms with E-state index in [0.717, 1.165) is 11.4 Å². The van der Waals surface area contributed by atoms with Gasteiger partial charge in [0, 0.05) is 17.9 Å². The van der Waals surface area contributed by atoms with Crippen molar-refractivity contribution >= 4 is 11.9 Å². The standard InChI is InChI=1S/C14H23N3O2/c1-9-6-10(2)17-13(16-9)15-8-11(12(18)19)7-14(3,4)5/h6,11H,7-8H2,1-5H3,(H,18,19)(H,15,16,17). The number of aliphatic carboxylic acids is 1. The molecule has 1 unspecified atom stereocenters. The minimum Gasteiger partial charge on any atom is -0.481 e. The molecular formula is C14H23N3O2. The molecule has 0 radical (unpaired) electrons. The number of aromatic nitrogens is 2.